The summed E-state index contributed by atoms with van der Waals surface area (Å²) >= 11 is 0. The van der Waals surface area contributed by atoms with Gasteiger partial charge in [-0.1, -0.05) is 48.5 Å². The van der Waals surface area contributed by atoms with E-state index in [-0.39, 0.29) is 43.5 Å². The lowest BCUT2D eigenvalue weighted by atomic mass is 9.75. The van der Waals surface area contributed by atoms with E-state index < -0.39 is 46.6 Å². The molecule has 2 saturated heterocycles. The lowest BCUT2D eigenvalue weighted by Crippen LogP contribution is -2.56. The number of halogens is 4. The largest absolute Gasteiger partial charge is 0.448 e. The van der Waals surface area contributed by atoms with Gasteiger partial charge in [-0.2, -0.15) is 0 Å². The Hall–Kier alpha value is -3.68. The van der Waals surface area contributed by atoms with Crippen LogP contribution in [0.25, 0.3) is 11.1 Å². The fourth-order valence-corrected chi connectivity index (χ4v) is 6.56. The second kappa shape index (κ2) is 9.57. The molecule has 6 rings (SSSR count). The average Bonchev–Trinajstić information content (AvgIpc) is 3.23. The molecule has 2 aliphatic heterocycles. The molecule has 1 amide bonds. The first-order valence-corrected chi connectivity index (χ1v) is 12.9. The number of rotatable bonds is 4. The molecule has 2 heterocycles. The molecule has 0 spiro atoms. The summed E-state index contributed by atoms with van der Waals surface area (Å²) in [5, 5.41) is 0. The topological polar surface area (TPSA) is 46.6 Å². The summed E-state index contributed by atoms with van der Waals surface area (Å²) in [5.41, 5.74) is 3.25. The van der Waals surface area contributed by atoms with Crippen molar-refractivity contribution in [1.29, 1.82) is 0 Å². The van der Waals surface area contributed by atoms with Crippen molar-refractivity contribution in [2.75, 3.05) is 6.61 Å². The zero-order valence-electron chi connectivity index (χ0n) is 20.4. The maximum Gasteiger partial charge on any atom is 0.410 e. The summed E-state index contributed by atoms with van der Waals surface area (Å²) in [7, 11) is 0. The molecule has 2 fully saturated rings. The number of nitrogens with zero attached hydrogens (tertiary/aromatic N) is 1. The van der Waals surface area contributed by atoms with Crippen LogP contribution in [-0.4, -0.2) is 35.5 Å². The third-order valence-corrected chi connectivity index (χ3v) is 8.25. The monoisotopic (exact) mass is 523 g/mol. The Morgan fingerprint density at radius 1 is 0.816 bits per heavy atom. The van der Waals surface area contributed by atoms with Crippen molar-refractivity contribution >= 4 is 11.9 Å². The van der Waals surface area contributed by atoms with Crippen molar-refractivity contribution in [2.24, 2.45) is 5.92 Å². The number of amides is 1. The molecule has 1 aliphatic carbocycles. The van der Waals surface area contributed by atoms with E-state index in [1.165, 1.54) is 0 Å². The zero-order chi connectivity index (χ0) is 26.6. The summed E-state index contributed by atoms with van der Waals surface area (Å²) in [6.07, 6.45) is 1.86. The molecule has 196 valence electrons. The number of carbonyl (C=O) groups is 2. The summed E-state index contributed by atoms with van der Waals surface area (Å²) in [5.74, 6) is -8.50. The minimum absolute atomic E-state index is 0.0932. The second-order valence-electron chi connectivity index (χ2n) is 10.3. The molecule has 2 unspecified atom stereocenters. The van der Waals surface area contributed by atoms with Crippen molar-refractivity contribution in [2.45, 2.75) is 50.1 Å². The first-order valence-electron chi connectivity index (χ1n) is 12.9. The highest BCUT2D eigenvalue weighted by molar-refractivity contribution is 5.98. The summed E-state index contributed by atoms with van der Waals surface area (Å²) in [6.45, 7) is 0.157. The molecular formula is C30H25F4NO3. The van der Waals surface area contributed by atoms with E-state index in [1.54, 1.807) is 4.90 Å². The van der Waals surface area contributed by atoms with Crippen LogP contribution >= 0.6 is 0 Å². The third kappa shape index (κ3) is 3.97. The van der Waals surface area contributed by atoms with Crippen LogP contribution in [-0.2, 0) is 4.74 Å². The van der Waals surface area contributed by atoms with Gasteiger partial charge in [0.05, 0.1) is 5.56 Å². The molecular weight excluding hydrogens is 498 g/mol. The van der Waals surface area contributed by atoms with Crippen LogP contribution in [0.2, 0.25) is 0 Å². The van der Waals surface area contributed by atoms with Crippen LogP contribution < -0.4 is 0 Å². The number of benzene rings is 3. The van der Waals surface area contributed by atoms with Gasteiger partial charge in [-0.15, -0.1) is 0 Å². The lowest BCUT2D eigenvalue weighted by molar-refractivity contribution is 0.00629. The highest BCUT2D eigenvalue weighted by atomic mass is 19.2. The van der Waals surface area contributed by atoms with E-state index in [4.69, 9.17) is 4.74 Å². The smallest absolute Gasteiger partial charge is 0.410 e. The molecule has 0 saturated carbocycles. The van der Waals surface area contributed by atoms with E-state index in [9.17, 15) is 27.2 Å². The maximum atomic E-state index is 14.3. The Morgan fingerprint density at radius 3 is 1.89 bits per heavy atom. The van der Waals surface area contributed by atoms with Crippen molar-refractivity contribution in [3.8, 4) is 11.1 Å². The summed E-state index contributed by atoms with van der Waals surface area (Å²) in [4.78, 5) is 28.0. The van der Waals surface area contributed by atoms with Crippen molar-refractivity contribution in [3.63, 3.8) is 0 Å². The first kappa shape index (κ1) is 24.6. The van der Waals surface area contributed by atoms with Crippen molar-refractivity contribution in [3.05, 3.63) is 94.6 Å². The Morgan fingerprint density at radius 2 is 1.34 bits per heavy atom. The average molecular weight is 524 g/mol. The molecule has 3 aromatic rings. The predicted molar refractivity (Wildman–Crippen MR) is 132 cm³/mol. The molecule has 38 heavy (non-hydrogen) atoms. The number of piperidine rings is 2. The van der Waals surface area contributed by atoms with Crippen LogP contribution in [0.15, 0.2) is 54.6 Å². The van der Waals surface area contributed by atoms with Crippen molar-refractivity contribution < 1.29 is 31.9 Å². The number of hydrogen-bond acceptors (Lipinski definition) is 3. The number of carbonyl (C=O) groups excluding carboxylic acids is 2. The maximum absolute atomic E-state index is 14.3. The molecule has 0 N–H and O–H groups in total. The second-order valence-corrected chi connectivity index (χ2v) is 10.3. The highest BCUT2D eigenvalue weighted by Gasteiger charge is 2.45. The number of ether oxygens (including phenoxy) is 1. The summed E-state index contributed by atoms with van der Waals surface area (Å²) < 4.78 is 62.0. The summed E-state index contributed by atoms with van der Waals surface area (Å²) in [6, 6.07) is 15.4. The van der Waals surface area contributed by atoms with E-state index >= 15 is 0 Å². The van der Waals surface area contributed by atoms with Gasteiger partial charge in [-0.05, 0) is 54.4 Å². The molecule has 3 aromatic carbocycles. The number of fused-ring (bicyclic) bond motifs is 5. The van der Waals surface area contributed by atoms with Crippen LogP contribution in [0.5, 0.6) is 0 Å². The SMILES string of the molecule is O=C(c1c(F)c(F)cc(F)c1F)C1CC2CCCC(C1)N2C(=O)OCC1c2ccccc2-c2ccccc21. The van der Waals surface area contributed by atoms with E-state index in [0.717, 1.165) is 28.7 Å². The Balaban J connectivity index is 1.19. The van der Waals surface area contributed by atoms with Gasteiger partial charge in [0.25, 0.3) is 0 Å². The Kier molecular flexibility index (Phi) is 6.20. The van der Waals surface area contributed by atoms with Gasteiger partial charge in [0.15, 0.2) is 29.1 Å². The quantitative estimate of drug-likeness (QED) is 0.210. The Labute approximate surface area is 217 Å². The highest BCUT2D eigenvalue weighted by Crippen LogP contribution is 2.45. The van der Waals surface area contributed by atoms with E-state index in [0.29, 0.717) is 12.8 Å². The Bertz CT molecular complexity index is 1360. The molecule has 0 radical (unpaired) electrons. The first-order chi connectivity index (χ1) is 18.3. The molecule has 2 atom stereocenters. The molecule has 4 nitrogen and oxygen atoms in total. The van der Waals surface area contributed by atoms with Gasteiger partial charge in [0.2, 0.25) is 0 Å². The minimum atomic E-state index is -1.68. The van der Waals surface area contributed by atoms with E-state index in [2.05, 4.69) is 12.1 Å². The minimum Gasteiger partial charge on any atom is -0.448 e. The number of Topliss-reactive ketones (excluding diaryl/α,β-unsaturated/α-hetero) is 1. The fraction of sp³-hybridized carbons (Fsp3) is 0.333. The van der Waals surface area contributed by atoms with Crippen LogP contribution in [0.4, 0.5) is 22.4 Å². The van der Waals surface area contributed by atoms with Gasteiger partial charge < -0.3 is 9.64 Å². The third-order valence-electron chi connectivity index (χ3n) is 8.25. The van der Waals surface area contributed by atoms with Gasteiger partial charge in [0.1, 0.15) is 6.61 Å². The molecule has 8 heteroatoms. The number of hydrogen-bond donors (Lipinski definition) is 0. The van der Waals surface area contributed by atoms with Gasteiger partial charge in [-0.3, -0.25) is 4.79 Å². The van der Waals surface area contributed by atoms with Crippen molar-refractivity contribution in [1.82, 2.24) is 4.90 Å². The normalized spacial score (nSPS) is 22.1. The van der Waals surface area contributed by atoms with Crippen LogP contribution in [0, 0.1) is 29.2 Å². The predicted octanol–water partition coefficient (Wildman–Crippen LogP) is 7.01. The van der Waals surface area contributed by atoms with Crippen LogP contribution in [0.1, 0.15) is 59.5 Å². The van der Waals surface area contributed by atoms with Crippen LogP contribution in [0.3, 0.4) is 0 Å². The molecule has 0 aromatic heterocycles. The standard InChI is InChI=1S/C30H25F4NO3/c31-24-14-25(32)28(34)26(27(24)33)29(36)16-12-17-6-5-7-18(13-16)35(17)30(37)38-15-23-21-10-3-1-8-19(21)20-9-2-4-11-22(20)23/h1-4,8-11,14,16-18,23H,5-7,12-13,15H2. The van der Waals surface area contributed by atoms with Gasteiger partial charge >= 0.3 is 6.09 Å². The van der Waals surface area contributed by atoms with Gasteiger partial charge in [0, 0.05) is 30.0 Å². The van der Waals surface area contributed by atoms with Gasteiger partial charge in [-0.25, -0.2) is 22.4 Å². The molecule has 2 bridgehead atoms. The zero-order valence-corrected chi connectivity index (χ0v) is 20.4. The molecule has 3 aliphatic rings. The van der Waals surface area contributed by atoms with E-state index in [1.807, 2.05) is 36.4 Å². The lowest BCUT2D eigenvalue weighted by Gasteiger charge is -2.47. The fourth-order valence-electron chi connectivity index (χ4n) is 6.56. The number of ketones is 1.